The van der Waals surface area contributed by atoms with Gasteiger partial charge < -0.3 is 14.8 Å². The number of carbonyl (C=O) groups excluding carboxylic acids is 2. The smallest absolute Gasteiger partial charge is 0.315 e. The summed E-state index contributed by atoms with van der Waals surface area (Å²) in [6, 6.07) is 4.49. The van der Waals surface area contributed by atoms with Gasteiger partial charge in [0, 0.05) is 25.2 Å². The summed E-state index contributed by atoms with van der Waals surface area (Å²) in [5.41, 5.74) is -0.0410. The van der Waals surface area contributed by atoms with Crippen LogP contribution in [0.15, 0.2) is 23.1 Å². The summed E-state index contributed by atoms with van der Waals surface area (Å²) in [4.78, 5) is 24.3. The average Bonchev–Trinajstić information content (AvgIpc) is 3.21. The summed E-state index contributed by atoms with van der Waals surface area (Å²) in [5.74, 6) is -1.25. The van der Waals surface area contributed by atoms with Gasteiger partial charge in [0.1, 0.15) is 9.75 Å². The Labute approximate surface area is 179 Å². The number of morpholine rings is 1. The Hall–Kier alpha value is -1.39. The van der Waals surface area contributed by atoms with Crippen LogP contribution in [0.1, 0.15) is 18.9 Å². The highest BCUT2D eigenvalue weighted by Gasteiger charge is 2.69. The molecule has 29 heavy (non-hydrogen) atoms. The van der Waals surface area contributed by atoms with Gasteiger partial charge in [-0.05, 0) is 31.5 Å². The topological polar surface area (TPSA) is 102 Å². The minimum absolute atomic E-state index is 0.0665. The van der Waals surface area contributed by atoms with Crippen molar-refractivity contribution in [1.29, 1.82) is 0 Å². The predicted molar refractivity (Wildman–Crippen MR) is 108 cm³/mol. The minimum Gasteiger partial charge on any atom is -0.455 e. The number of hydrogen-bond acceptors (Lipinski definition) is 6. The molecule has 0 radical (unpaired) electrons. The molecular weight excluding hydrogens is 443 g/mol. The van der Waals surface area contributed by atoms with Crippen LogP contribution >= 0.6 is 23.2 Å². The largest absolute Gasteiger partial charge is 0.455 e. The van der Waals surface area contributed by atoms with Crippen LogP contribution in [-0.2, 0) is 29.1 Å². The normalized spacial score (nSPS) is 24.0. The van der Waals surface area contributed by atoms with Crippen molar-refractivity contribution in [3.8, 4) is 0 Å². The number of nitrogens with one attached hydrogen (secondary N) is 1. The van der Waals surface area contributed by atoms with Gasteiger partial charge in [-0.1, -0.05) is 6.07 Å². The van der Waals surface area contributed by atoms with Crippen LogP contribution in [0.4, 0.5) is 5.69 Å². The van der Waals surface area contributed by atoms with Crippen LogP contribution in [-0.4, -0.2) is 61.8 Å². The number of ether oxygens (including phenoxy) is 2. The molecule has 0 spiro atoms. The highest BCUT2D eigenvalue weighted by molar-refractivity contribution is 7.89. The van der Waals surface area contributed by atoms with E-state index in [9.17, 15) is 18.0 Å². The molecule has 1 aromatic rings. The van der Waals surface area contributed by atoms with Gasteiger partial charge in [0.25, 0.3) is 5.91 Å². The number of aryl methyl sites for hydroxylation is 1. The second-order valence-electron chi connectivity index (χ2n) is 7.33. The number of alkyl halides is 2. The number of nitrogens with zero attached hydrogens (tertiary/aromatic N) is 1. The summed E-state index contributed by atoms with van der Waals surface area (Å²) >= 11 is 11.9. The first-order chi connectivity index (χ1) is 13.5. The number of rotatable bonds is 6. The van der Waals surface area contributed by atoms with Crippen LogP contribution in [0, 0.1) is 12.3 Å². The molecule has 1 aliphatic heterocycles. The Morgan fingerprint density at radius 3 is 2.48 bits per heavy atom. The molecule has 1 aliphatic carbocycles. The molecule has 1 saturated heterocycles. The molecule has 3 rings (SSSR count). The van der Waals surface area contributed by atoms with E-state index < -0.39 is 38.3 Å². The summed E-state index contributed by atoms with van der Waals surface area (Å²) in [6.07, 6.45) is 0.254. The molecule has 1 N–H and O–H groups in total. The molecule has 0 unspecified atom stereocenters. The lowest BCUT2D eigenvalue weighted by atomic mass is 10.1. The van der Waals surface area contributed by atoms with Crippen LogP contribution in [0.5, 0.6) is 0 Å². The van der Waals surface area contributed by atoms with E-state index in [0.29, 0.717) is 24.5 Å². The standard InChI is InChI=1S/C18H22Cl2N2O6S/c1-12-3-4-13(29(25,26)22-5-7-27-8-6-22)9-14(12)21-15(23)10-28-16(24)17(2)11-18(17,19)20/h3-4,9H,5-8,10-11H2,1-2H3,(H,21,23)/t17-/m1/s1. The van der Waals surface area contributed by atoms with E-state index in [-0.39, 0.29) is 24.4 Å². The van der Waals surface area contributed by atoms with Gasteiger partial charge in [-0.15, -0.1) is 23.2 Å². The van der Waals surface area contributed by atoms with Crippen LogP contribution in [0.25, 0.3) is 0 Å². The summed E-state index contributed by atoms with van der Waals surface area (Å²) in [5, 5.41) is 2.58. The molecule has 1 amide bonds. The predicted octanol–water partition coefficient (Wildman–Crippen LogP) is 2.08. The Morgan fingerprint density at radius 1 is 1.28 bits per heavy atom. The fourth-order valence-electron chi connectivity index (χ4n) is 2.93. The molecule has 0 bridgehead atoms. The number of amides is 1. The number of carbonyl (C=O) groups is 2. The maximum absolute atomic E-state index is 12.8. The fraction of sp³-hybridized carbons (Fsp3) is 0.556. The first-order valence-electron chi connectivity index (χ1n) is 9.01. The van der Waals surface area contributed by atoms with E-state index in [1.54, 1.807) is 19.9 Å². The maximum atomic E-state index is 12.8. The van der Waals surface area contributed by atoms with Crippen molar-refractivity contribution in [3.05, 3.63) is 23.8 Å². The van der Waals surface area contributed by atoms with Gasteiger partial charge in [0.2, 0.25) is 10.0 Å². The number of esters is 1. The zero-order valence-corrected chi connectivity index (χ0v) is 18.4. The minimum atomic E-state index is -3.70. The number of halogens is 2. The van der Waals surface area contributed by atoms with E-state index >= 15 is 0 Å². The Bertz CT molecular complexity index is 930. The second-order valence-corrected chi connectivity index (χ2v) is 10.8. The summed E-state index contributed by atoms with van der Waals surface area (Å²) < 4.78 is 36.0. The van der Waals surface area contributed by atoms with Crippen molar-refractivity contribution in [1.82, 2.24) is 4.31 Å². The molecule has 1 heterocycles. The zero-order chi connectivity index (χ0) is 21.4. The van der Waals surface area contributed by atoms with E-state index in [4.69, 9.17) is 32.7 Å². The van der Waals surface area contributed by atoms with E-state index in [0.717, 1.165) is 0 Å². The van der Waals surface area contributed by atoms with Crippen LogP contribution < -0.4 is 5.32 Å². The van der Waals surface area contributed by atoms with Crippen molar-refractivity contribution < 1.29 is 27.5 Å². The lowest BCUT2D eigenvalue weighted by molar-refractivity contribution is -0.152. The van der Waals surface area contributed by atoms with Gasteiger partial charge >= 0.3 is 5.97 Å². The summed E-state index contributed by atoms with van der Waals surface area (Å²) in [7, 11) is -3.70. The van der Waals surface area contributed by atoms with Crippen molar-refractivity contribution in [2.45, 2.75) is 29.5 Å². The first-order valence-corrected chi connectivity index (χ1v) is 11.2. The average molecular weight is 465 g/mol. The number of benzene rings is 1. The van der Waals surface area contributed by atoms with Gasteiger partial charge in [-0.3, -0.25) is 9.59 Å². The lowest BCUT2D eigenvalue weighted by Crippen LogP contribution is -2.40. The third kappa shape index (κ3) is 4.54. The maximum Gasteiger partial charge on any atom is 0.315 e. The van der Waals surface area contributed by atoms with Gasteiger partial charge in [0.05, 0.1) is 18.1 Å². The molecule has 2 aliphatic rings. The lowest BCUT2D eigenvalue weighted by Gasteiger charge is -2.26. The Kier molecular flexibility index (Phi) is 6.18. The first kappa shape index (κ1) is 22.3. The second kappa shape index (κ2) is 8.03. The third-order valence-electron chi connectivity index (χ3n) is 5.13. The quantitative estimate of drug-likeness (QED) is 0.510. The zero-order valence-electron chi connectivity index (χ0n) is 16.0. The summed E-state index contributed by atoms with van der Waals surface area (Å²) in [6.45, 7) is 3.99. The SMILES string of the molecule is Cc1ccc(S(=O)(=O)N2CCOCC2)cc1NC(=O)COC(=O)[C@@]1(C)CC1(Cl)Cl. The number of anilines is 1. The van der Waals surface area contributed by atoms with Gasteiger partial charge in [0.15, 0.2) is 6.61 Å². The van der Waals surface area contributed by atoms with Gasteiger partial charge in [-0.2, -0.15) is 4.31 Å². The molecule has 1 atom stereocenters. The highest BCUT2D eigenvalue weighted by Crippen LogP contribution is 2.64. The van der Waals surface area contributed by atoms with Crippen molar-refractivity contribution in [2.75, 3.05) is 38.2 Å². The monoisotopic (exact) mass is 464 g/mol. The Morgan fingerprint density at radius 2 is 1.90 bits per heavy atom. The third-order valence-corrected chi connectivity index (χ3v) is 8.13. The number of hydrogen-bond donors (Lipinski definition) is 1. The molecule has 11 heteroatoms. The molecule has 8 nitrogen and oxygen atoms in total. The molecule has 160 valence electrons. The molecule has 2 fully saturated rings. The van der Waals surface area contributed by atoms with E-state index in [2.05, 4.69) is 5.32 Å². The van der Waals surface area contributed by atoms with Gasteiger partial charge in [-0.25, -0.2) is 8.42 Å². The van der Waals surface area contributed by atoms with Crippen molar-refractivity contribution >= 4 is 50.8 Å². The highest BCUT2D eigenvalue weighted by atomic mass is 35.5. The Balaban J connectivity index is 1.65. The van der Waals surface area contributed by atoms with E-state index in [1.807, 2.05) is 0 Å². The van der Waals surface area contributed by atoms with Crippen molar-refractivity contribution in [2.24, 2.45) is 5.41 Å². The fourth-order valence-corrected chi connectivity index (χ4v) is 5.05. The molecule has 1 aromatic carbocycles. The van der Waals surface area contributed by atoms with Crippen molar-refractivity contribution in [3.63, 3.8) is 0 Å². The number of sulfonamides is 1. The van der Waals surface area contributed by atoms with Crippen LogP contribution in [0.3, 0.4) is 0 Å². The van der Waals surface area contributed by atoms with E-state index in [1.165, 1.54) is 16.4 Å². The molecule has 1 saturated carbocycles. The van der Waals surface area contributed by atoms with Crippen LogP contribution in [0.2, 0.25) is 0 Å². The molecular formula is C18H22Cl2N2O6S. The molecule has 0 aromatic heterocycles.